The molecular weight excluding hydrogens is 236 g/mol. The highest BCUT2D eigenvalue weighted by atomic mass is 16.7. The van der Waals surface area contributed by atoms with E-state index in [1.54, 1.807) is 6.92 Å². The molecule has 1 saturated heterocycles. The second-order valence-corrected chi connectivity index (χ2v) is 4.54. The zero-order valence-corrected chi connectivity index (χ0v) is 10.2. The molecule has 1 aliphatic heterocycles. The molecular formula is C13H18O5. The SMILES string of the molecule is CC1OC(OCc2ccccc2)C(O)C1(O)CO. The van der Waals surface area contributed by atoms with E-state index >= 15 is 0 Å². The summed E-state index contributed by atoms with van der Waals surface area (Å²) < 4.78 is 10.7. The minimum atomic E-state index is -1.67. The summed E-state index contributed by atoms with van der Waals surface area (Å²) >= 11 is 0. The Labute approximate surface area is 106 Å². The van der Waals surface area contributed by atoms with Crippen LogP contribution in [0.25, 0.3) is 0 Å². The molecule has 0 aromatic heterocycles. The van der Waals surface area contributed by atoms with Crippen molar-refractivity contribution < 1.29 is 24.8 Å². The first-order valence-electron chi connectivity index (χ1n) is 5.90. The molecule has 1 heterocycles. The summed E-state index contributed by atoms with van der Waals surface area (Å²) in [5, 5.41) is 29.0. The Kier molecular flexibility index (Phi) is 3.99. The molecule has 0 spiro atoms. The Hall–Kier alpha value is -0.980. The Bertz CT molecular complexity index is 382. The van der Waals surface area contributed by atoms with Crippen LogP contribution in [0.15, 0.2) is 30.3 Å². The van der Waals surface area contributed by atoms with Crippen LogP contribution in [-0.4, -0.2) is 46.0 Å². The first kappa shape index (κ1) is 13.5. The van der Waals surface area contributed by atoms with Gasteiger partial charge in [0.15, 0.2) is 6.29 Å². The second-order valence-electron chi connectivity index (χ2n) is 4.54. The highest BCUT2D eigenvalue weighted by molar-refractivity contribution is 5.13. The molecule has 1 fully saturated rings. The van der Waals surface area contributed by atoms with Gasteiger partial charge in [0.25, 0.3) is 0 Å². The van der Waals surface area contributed by atoms with Crippen LogP contribution in [-0.2, 0) is 16.1 Å². The Morgan fingerprint density at radius 3 is 2.56 bits per heavy atom. The molecule has 3 N–H and O–H groups in total. The van der Waals surface area contributed by atoms with Gasteiger partial charge in [0.1, 0.15) is 11.7 Å². The van der Waals surface area contributed by atoms with E-state index in [0.29, 0.717) is 0 Å². The molecule has 2 rings (SSSR count). The Morgan fingerprint density at radius 2 is 2.00 bits per heavy atom. The minimum Gasteiger partial charge on any atom is -0.393 e. The highest BCUT2D eigenvalue weighted by Crippen LogP contribution is 2.31. The molecule has 0 amide bonds. The molecule has 0 radical (unpaired) electrons. The normalized spacial score (nSPS) is 35.9. The van der Waals surface area contributed by atoms with Crippen LogP contribution < -0.4 is 0 Å². The van der Waals surface area contributed by atoms with Gasteiger partial charge < -0.3 is 24.8 Å². The summed E-state index contributed by atoms with van der Waals surface area (Å²) in [7, 11) is 0. The number of hydrogen-bond acceptors (Lipinski definition) is 5. The van der Waals surface area contributed by atoms with Gasteiger partial charge in [0, 0.05) is 0 Å². The van der Waals surface area contributed by atoms with E-state index in [2.05, 4.69) is 0 Å². The monoisotopic (exact) mass is 254 g/mol. The van der Waals surface area contributed by atoms with E-state index in [4.69, 9.17) is 14.6 Å². The van der Waals surface area contributed by atoms with Crippen molar-refractivity contribution in [2.45, 2.75) is 37.6 Å². The van der Waals surface area contributed by atoms with Gasteiger partial charge in [-0.1, -0.05) is 30.3 Å². The van der Waals surface area contributed by atoms with Crippen molar-refractivity contribution in [2.75, 3.05) is 6.61 Å². The van der Waals surface area contributed by atoms with Gasteiger partial charge >= 0.3 is 0 Å². The summed E-state index contributed by atoms with van der Waals surface area (Å²) in [5.74, 6) is 0. The van der Waals surface area contributed by atoms with Crippen LogP contribution in [0.5, 0.6) is 0 Å². The molecule has 4 atom stereocenters. The van der Waals surface area contributed by atoms with Crippen LogP contribution in [0.4, 0.5) is 0 Å². The quantitative estimate of drug-likeness (QED) is 0.706. The molecule has 18 heavy (non-hydrogen) atoms. The van der Waals surface area contributed by atoms with Gasteiger partial charge in [-0.3, -0.25) is 0 Å². The van der Waals surface area contributed by atoms with E-state index in [9.17, 15) is 10.2 Å². The number of hydrogen-bond donors (Lipinski definition) is 3. The fourth-order valence-electron chi connectivity index (χ4n) is 1.97. The van der Waals surface area contributed by atoms with Crippen molar-refractivity contribution in [3.63, 3.8) is 0 Å². The van der Waals surface area contributed by atoms with Crippen molar-refractivity contribution in [2.24, 2.45) is 0 Å². The molecule has 1 aliphatic rings. The summed E-state index contributed by atoms with van der Waals surface area (Å²) in [6.45, 7) is 1.29. The standard InChI is InChI=1S/C13H18O5/c1-9-13(16,8-14)11(15)12(18-9)17-7-10-5-3-2-4-6-10/h2-6,9,11-12,14-16H,7-8H2,1H3. The largest absolute Gasteiger partial charge is 0.393 e. The third-order valence-electron chi connectivity index (χ3n) is 3.32. The lowest BCUT2D eigenvalue weighted by atomic mass is 9.95. The predicted molar refractivity (Wildman–Crippen MR) is 63.6 cm³/mol. The lowest BCUT2D eigenvalue weighted by molar-refractivity contribution is -0.172. The molecule has 1 aromatic carbocycles. The van der Waals surface area contributed by atoms with Crippen molar-refractivity contribution >= 4 is 0 Å². The third kappa shape index (κ3) is 2.41. The smallest absolute Gasteiger partial charge is 0.187 e. The summed E-state index contributed by atoms with van der Waals surface area (Å²) in [6, 6.07) is 9.46. The number of benzene rings is 1. The summed E-state index contributed by atoms with van der Waals surface area (Å²) in [6.07, 6.45) is -2.88. The Morgan fingerprint density at radius 1 is 1.33 bits per heavy atom. The molecule has 100 valence electrons. The van der Waals surface area contributed by atoms with Crippen LogP contribution in [0.1, 0.15) is 12.5 Å². The van der Waals surface area contributed by atoms with E-state index in [-0.39, 0.29) is 6.61 Å². The lowest BCUT2D eigenvalue weighted by Gasteiger charge is -2.26. The summed E-state index contributed by atoms with van der Waals surface area (Å²) in [4.78, 5) is 0. The minimum absolute atomic E-state index is 0.275. The van der Waals surface area contributed by atoms with Gasteiger partial charge in [-0.15, -0.1) is 0 Å². The van der Waals surface area contributed by atoms with Crippen molar-refractivity contribution in [1.82, 2.24) is 0 Å². The average molecular weight is 254 g/mol. The fraction of sp³-hybridized carbons (Fsp3) is 0.538. The van der Waals surface area contributed by atoms with E-state index in [1.165, 1.54) is 0 Å². The average Bonchev–Trinajstić information content (AvgIpc) is 2.62. The zero-order valence-electron chi connectivity index (χ0n) is 10.2. The van der Waals surface area contributed by atoms with E-state index < -0.39 is 30.7 Å². The van der Waals surface area contributed by atoms with Crippen LogP contribution in [0.3, 0.4) is 0 Å². The maximum atomic E-state index is 10.00. The van der Waals surface area contributed by atoms with Gasteiger partial charge in [0.05, 0.1) is 19.3 Å². The van der Waals surface area contributed by atoms with Crippen molar-refractivity contribution in [3.05, 3.63) is 35.9 Å². The number of ether oxygens (including phenoxy) is 2. The van der Waals surface area contributed by atoms with Gasteiger partial charge in [-0.25, -0.2) is 0 Å². The van der Waals surface area contributed by atoms with E-state index in [1.807, 2.05) is 30.3 Å². The molecule has 0 saturated carbocycles. The maximum Gasteiger partial charge on any atom is 0.187 e. The van der Waals surface area contributed by atoms with E-state index in [0.717, 1.165) is 5.56 Å². The number of aliphatic hydroxyl groups is 3. The van der Waals surface area contributed by atoms with Crippen molar-refractivity contribution in [3.8, 4) is 0 Å². The van der Waals surface area contributed by atoms with Crippen molar-refractivity contribution in [1.29, 1.82) is 0 Å². The highest BCUT2D eigenvalue weighted by Gasteiger charge is 2.53. The summed E-state index contributed by atoms with van der Waals surface area (Å²) in [5.41, 5.74) is -0.721. The fourth-order valence-corrected chi connectivity index (χ4v) is 1.97. The van der Waals surface area contributed by atoms with Crippen LogP contribution in [0.2, 0.25) is 0 Å². The first-order valence-corrected chi connectivity index (χ1v) is 5.90. The van der Waals surface area contributed by atoms with Crippen LogP contribution >= 0.6 is 0 Å². The number of aliphatic hydroxyl groups excluding tert-OH is 2. The molecule has 0 bridgehead atoms. The Balaban J connectivity index is 1.96. The first-order chi connectivity index (χ1) is 8.58. The topological polar surface area (TPSA) is 79.2 Å². The zero-order chi connectivity index (χ0) is 13.2. The van der Waals surface area contributed by atoms with Gasteiger partial charge in [-0.2, -0.15) is 0 Å². The molecule has 5 nitrogen and oxygen atoms in total. The molecule has 0 aliphatic carbocycles. The maximum absolute atomic E-state index is 10.00. The number of rotatable bonds is 4. The second kappa shape index (κ2) is 5.34. The van der Waals surface area contributed by atoms with Gasteiger partial charge in [-0.05, 0) is 12.5 Å². The van der Waals surface area contributed by atoms with Crippen LogP contribution in [0, 0.1) is 0 Å². The van der Waals surface area contributed by atoms with Gasteiger partial charge in [0.2, 0.25) is 0 Å². The molecule has 1 aromatic rings. The predicted octanol–water partition coefficient (Wildman–Crippen LogP) is 0.0323. The lowest BCUT2D eigenvalue weighted by Crippen LogP contribution is -2.50. The third-order valence-corrected chi connectivity index (χ3v) is 3.32. The molecule has 5 heteroatoms. The molecule has 4 unspecified atom stereocenters.